The van der Waals surface area contributed by atoms with E-state index in [2.05, 4.69) is 15.3 Å². The van der Waals surface area contributed by atoms with Gasteiger partial charge in [-0.05, 0) is 17.7 Å². The van der Waals surface area contributed by atoms with Gasteiger partial charge in [-0.2, -0.15) is 0 Å². The summed E-state index contributed by atoms with van der Waals surface area (Å²) in [5.74, 6) is 1.39. The van der Waals surface area contributed by atoms with E-state index >= 15 is 0 Å². The van der Waals surface area contributed by atoms with Crippen LogP contribution in [0.3, 0.4) is 0 Å². The van der Waals surface area contributed by atoms with Crippen molar-refractivity contribution in [1.29, 1.82) is 0 Å². The summed E-state index contributed by atoms with van der Waals surface area (Å²) in [6.45, 7) is 0.589. The van der Waals surface area contributed by atoms with E-state index in [1.165, 1.54) is 0 Å². The number of thiocarbonyl (C=S) groups is 1. The molecule has 3 N–H and O–H groups in total. The predicted octanol–water partition coefficient (Wildman–Crippen LogP) is 1.73. The van der Waals surface area contributed by atoms with Crippen LogP contribution in [0.15, 0.2) is 36.7 Å². The van der Waals surface area contributed by atoms with E-state index in [-0.39, 0.29) is 4.99 Å². The molecular formula is C13H14N4OS. The Morgan fingerprint density at radius 1 is 1.37 bits per heavy atom. The predicted molar refractivity (Wildman–Crippen MR) is 78.2 cm³/mol. The summed E-state index contributed by atoms with van der Waals surface area (Å²) in [6.07, 6.45) is 3.15. The van der Waals surface area contributed by atoms with Crippen molar-refractivity contribution < 1.29 is 4.74 Å². The summed E-state index contributed by atoms with van der Waals surface area (Å²) in [4.78, 5) is 8.52. The average Bonchev–Trinajstić information content (AvgIpc) is 2.45. The van der Waals surface area contributed by atoms with Crippen LogP contribution in [0.2, 0.25) is 0 Å². The van der Waals surface area contributed by atoms with Gasteiger partial charge in [0, 0.05) is 18.9 Å². The smallest absolute Gasteiger partial charge is 0.155 e. The highest BCUT2D eigenvalue weighted by atomic mass is 32.1. The van der Waals surface area contributed by atoms with Crippen LogP contribution in [0.5, 0.6) is 5.75 Å². The zero-order chi connectivity index (χ0) is 13.7. The average molecular weight is 274 g/mol. The number of aromatic nitrogens is 2. The summed E-state index contributed by atoms with van der Waals surface area (Å²) in [5.41, 5.74) is 7.17. The van der Waals surface area contributed by atoms with Crippen LogP contribution >= 0.6 is 12.2 Å². The standard InChI is InChI=1S/C13H14N4OS/c1-18-10-4-2-3-9(7-10)8-17-13-11(12(14)19)15-5-6-16-13/h2-7H,8H2,1H3,(H2,14,19)(H,16,17). The highest BCUT2D eigenvalue weighted by Crippen LogP contribution is 2.15. The molecule has 0 fully saturated rings. The molecule has 0 aliphatic rings. The van der Waals surface area contributed by atoms with Gasteiger partial charge in [0.15, 0.2) is 5.82 Å². The van der Waals surface area contributed by atoms with Crippen molar-refractivity contribution in [2.24, 2.45) is 5.73 Å². The highest BCUT2D eigenvalue weighted by molar-refractivity contribution is 7.80. The third kappa shape index (κ3) is 3.38. The minimum absolute atomic E-state index is 0.223. The molecule has 1 aromatic carbocycles. The second kappa shape index (κ2) is 6.10. The maximum Gasteiger partial charge on any atom is 0.155 e. The number of rotatable bonds is 5. The molecule has 0 saturated heterocycles. The summed E-state index contributed by atoms with van der Waals surface area (Å²) >= 11 is 4.94. The van der Waals surface area contributed by atoms with Gasteiger partial charge in [-0.25, -0.2) is 9.97 Å². The lowest BCUT2D eigenvalue weighted by Gasteiger charge is -2.09. The van der Waals surface area contributed by atoms with Crippen LogP contribution < -0.4 is 15.8 Å². The van der Waals surface area contributed by atoms with Crippen LogP contribution in [0.4, 0.5) is 5.82 Å². The van der Waals surface area contributed by atoms with E-state index < -0.39 is 0 Å². The quantitative estimate of drug-likeness (QED) is 0.809. The van der Waals surface area contributed by atoms with Gasteiger partial charge in [0.2, 0.25) is 0 Å². The molecule has 6 heteroatoms. The first-order valence-electron chi connectivity index (χ1n) is 5.68. The molecule has 0 radical (unpaired) electrons. The SMILES string of the molecule is COc1cccc(CNc2nccnc2C(N)=S)c1. The molecule has 0 saturated carbocycles. The fourth-order valence-corrected chi connectivity index (χ4v) is 1.77. The lowest BCUT2D eigenvalue weighted by atomic mass is 10.2. The molecule has 2 aromatic rings. The van der Waals surface area contributed by atoms with Crippen molar-refractivity contribution in [1.82, 2.24) is 9.97 Å². The van der Waals surface area contributed by atoms with Crippen LogP contribution in [0.1, 0.15) is 11.3 Å². The normalized spacial score (nSPS) is 9.95. The first-order chi connectivity index (χ1) is 9.20. The van der Waals surface area contributed by atoms with Gasteiger partial charge in [0.05, 0.1) is 7.11 Å². The van der Waals surface area contributed by atoms with E-state index in [1.54, 1.807) is 19.5 Å². The van der Waals surface area contributed by atoms with Crippen molar-refractivity contribution in [3.8, 4) is 5.75 Å². The Hall–Kier alpha value is -2.21. The molecule has 0 amide bonds. The maximum absolute atomic E-state index is 5.60. The minimum Gasteiger partial charge on any atom is -0.497 e. The number of nitrogens with two attached hydrogens (primary N) is 1. The summed E-state index contributed by atoms with van der Waals surface area (Å²) in [5, 5.41) is 3.17. The minimum atomic E-state index is 0.223. The van der Waals surface area contributed by atoms with E-state index in [1.807, 2.05) is 24.3 Å². The third-order valence-electron chi connectivity index (χ3n) is 2.53. The van der Waals surface area contributed by atoms with Gasteiger partial charge in [0.25, 0.3) is 0 Å². The van der Waals surface area contributed by atoms with Gasteiger partial charge in [-0.1, -0.05) is 24.4 Å². The van der Waals surface area contributed by atoms with E-state index in [0.717, 1.165) is 11.3 Å². The van der Waals surface area contributed by atoms with Gasteiger partial charge >= 0.3 is 0 Å². The zero-order valence-electron chi connectivity index (χ0n) is 10.5. The number of hydrogen-bond acceptors (Lipinski definition) is 5. The Morgan fingerprint density at radius 3 is 2.89 bits per heavy atom. The molecule has 0 bridgehead atoms. The summed E-state index contributed by atoms with van der Waals surface area (Å²) < 4.78 is 5.17. The molecule has 98 valence electrons. The molecular weight excluding hydrogens is 260 g/mol. The lowest BCUT2D eigenvalue weighted by molar-refractivity contribution is 0.414. The molecule has 0 unspecified atom stereocenters. The molecule has 2 rings (SSSR count). The van der Waals surface area contributed by atoms with Gasteiger partial charge < -0.3 is 15.8 Å². The summed E-state index contributed by atoms with van der Waals surface area (Å²) in [7, 11) is 1.64. The van der Waals surface area contributed by atoms with Crippen LogP contribution in [-0.4, -0.2) is 22.1 Å². The Kier molecular flexibility index (Phi) is 4.25. The number of ether oxygens (including phenoxy) is 1. The topological polar surface area (TPSA) is 73.1 Å². The van der Waals surface area contributed by atoms with Crippen molar-refractivity contribution in [2.75, 3.05) is 12.4 Å². The Labute approximate surface area is 116 Å². The maximum atomic E-state index is 5.60. The fourth-order valence-electron chi connectivity index (χ4n) is 1.62. The van der Waals surface area contributed by atoms with E-state index in [0.29, 0.717) is 18.1 Å². The lowest BCUT2D eigenvalue weighted by Crippen LogP contribution is -2.16. The van der Waals surface area contributed by atoms with Crippen molar-refractivity contribution in [3.05, 3.63) is 47.9 Å². The molecule has 5 nitrogen and oxygen atoms in total. The first kappa shape index (κ1) is 13.2. The highest BCUT2D eigenvalue weighted by Gasteiger charge is 2.07. The Morgan fingerprint density at radius 2 is 2.16 bits per heavy atom. The number of nitrogens with zero attached hydrogens (tertiary/aromatic N) is 2. The molecule has 0 aliphatic heterocycles. The molecule has 0 aliphatic carbocycles. The van der Waals surface area contributed by atoms with Crippen LogP contribution in [0.25, 0.3) is 0 Å². The van der Waals surface area contributed by atoms with Crippen LogP contribution in [0, 0.1) is 0 Å². The molecule has 1 heterocycles. The van der Waals surface area contributed by atoms with E-state index in [4.69, 9.17) is 22.7 Å². The first-order valence-corrected chi connectivity index (χ1v) is 6.09. The molecule has 0 spiro atoms. The number of hydrogen-bond donors (Lipinski definition) is 2. The molecule has 19 heavy (non-hydrogen) atoms. The number of methoxy groups -OCH3 is 1. The second-order valence-electron chi connectivity index (χ2n) is 3.82. The molecule has 0 atom stereocenters. The van der Waals surface area contributed by atoms with Crippen molar-refractivity contribution in [3.63, 3.8) is 0 Å². The number of benzene rings is 1. The van der Waals surface area contributed by atoms with Crippen LogP contribution in [-0.2, 0) is 6.54 Å². The van der Waals surface area contributed by atoms with Gasteiger partial charge in [-0.15, -0.1) is 0 Å². The number of anilines is 1. The second-order valence-corrected chi connectivity index (χ2v) is 4.26. The molecule has 1 aromatic heterocycles. The zero-order valence-corrected chi connectivity index (χ0v) is 11.3. The van der Waals surface area contributed by atoms with Gasteiger partial charge in [0.1, 0.15) is 16.4 Å². The van der Waals surface area contributed by atoms with E-state index in [9.17, 15) is 0 Å². The Balaban J connectivity index is 2.12. The van der Waals surface area contributed by atoms with Gasteiger partial charge in [-0.3, -0.25) is 0 Å². The third-order valence-corrected chi connectivity index (χ3v) is 2.72. The Bertz CT molecular complexity index is 588. The fraction of sp³-hybridized carbons (Fsp3) is 0.154. The van der Waals surface area contributed by atoms with Crippen molar-refractivity contribution in [2.45, 2.75) is 6.54 Å². The van der Waals surface area contributed by atoms with Crippen molar-refractivity contribution >= 4 is 23.0 Å². The monoisotopic (exact) mass is 274 g/mol. The largest absolute Gasteiger partial charge is 0.497 e. The summed E-state index contributed by atoms with van der Waals surface area (Å²) in [6, 6.07) is 7.77. The number of nitrogens with one attached hydrogen (secondary N) is 1.